The van der Waals surface area contributed by atoms with E-state index in [9.17, 15) is 0 Å². The van der Waals surface area contributed by atoms with Gasteiger partial charge in [-0.3, -0.25) is 0 Å². The Balaban J connectivity index is 2.17. The highest BCUT2D eigenvalue weighted by Crippen LogP contribution is 2.36. The summed E-state index contributed by atoms with van der Waals surface area (Å²) in [6, 6.07) is 6.24. The lowest BCUT2D eigenvalue weighted by atomic mass is 10.0. The van der Waals surface area contributed by atoms with E-state index in [1.165, 1.54) is 5.56 Å². The van der Waals surface area contributed by atoms with Crippen LogP contribution in [0, 0.1) is 5.92 Å². The summed E-state index contributed by atoms with van der Waals surface area (Å²) in [5, 5.41) is 0. The van der Waals surface area contributed by atoms with Gasteiger partial charge in [-0.05, 0) is 30.0 Å². The van der Waals surface area contributed by atoms with Crippen LogP contribution in [0.1, 0.15) is 37.1 Å². The topological polar surface area (TPSA) is 18.5 Å². The van der Waals surface area contributed by atoms with Gasteiger partial charge in [0, 0.05) is 11.2 Å². The first-order chi connectivity index (χ1) is 8.16. The van der Waals surface area contributed by atoms with Crippen molar-refractivity contribution in [1.29, 1.82) is 0 Å². The van der Waals surface area contributed by atoms with Crippen molar-refractivity contribution in [3.05, 3.63) is 23.8 Å². The molecule has 0 saturated carbocycles. The van der Waals surface area contributed by atoms with E-state index in [4.69, 9.17) is 9.47 Å². The average molecular weight is 299 g/mol. The Bertz CT molecular complexity index is 376. The van der Waals surface area contributed by atoms with E-state index in [2.05, 4.69) is 41.9 Å². The van der Waals surface area contributed by atoms with Crippen LogP contribution in [-0.2, 0) is 0 Å². The molecule has 1 aromatic carbocycles. The Morgan fingerprint density at radius 3 is 2.59 bits per heavy atom. The number of rotatable bonds is 3. The summed E-state index contributed by atoms with van der Waals surface area (Å²) in [4.78, 5) is 0.389. The zero-order valence-electron chi connectivity index (χ0n) is 10.4. The third kappa shape index (κ3) is 3.38. The van der Waals surface area contributed by atoms with Crippen molar-refractivity contribution in [1.82, 2.24) is 0 Å². The first-order valence-corrected chi connectivity index (χ1v) is 7.12. The third-order valence-corrected chi connectivity index (χ3v) is 3.71. The lowest BCUT2D eigenvalue weighted by Crippen LogP contribution is -1.98. The average Bonchev–Trinajstić information content (AvgIpc) is 2.51. The zero-order valence-corrected chi connectivity index (χ0v) is 12.0. The van der Waals surface area contributed by atoms with Gasteiger partial charge in [0.05, 0.1) is 13.2 Å². The Kier molecular flexibility index (Phi) is 4.32. The lowest BCUT2D eigenvalue weighted by Gasteiger charge is -2.15. The van der Waals surface area contributed by atoms with E-state index in [0.717, 1.165) is 37.6 Å². The van der Waals surface area contributed by atoms with Crippen LogP contribution in [0.15, 0.2) is 18.2 Å². The van der Waals surface area contributed by atoms with Gasteiger partial charge in [-0.15, -0.1) is 0 Å². The summed E-state index contributed by atoms with van der Waals surface area (Å²) in [6.07, 6.45) is 2.08. The predicted molar refractivity (Wildman–Crippen MR) is 73.2 cm³/mol. The summed E-state index contributed by atoms with van der Waals surface area (Å²) in [5.74, 6) is 2.43. The number of hydrogen-bond acceptors (Lipinski definition) is 2. The van der Waals surface area contributed by atoms with Crippen molar-refractivity contribution in [3.63, 3.8) is 0 Å². The molecule has 0 bridgehead atoms. The Morgan fingerprint density at radius 1 is 1.18 bits per heavy atom. The molecule has 0 aliphatic carbocycles. The maximum absolute atomic E-state index is 5.70. The minimum absolute atomic E-state index is 0.389. The number of benzene rings is 1. The van der Waals surface area contributed by atoms with Crippen LogP contribution in [0.4, 0.5) is 0 Å². The van der Waals surface area contributed by atoms with Crippen molar-refractivity contribution in [2.45, 2.75) is 31.5 Å². The number of halogens is 1. The fraction of sp³-hybridized carbons (Fsp3) is 0.571. The van der Waals surface area contributed by atoms with Gasteiger partial charge in [0.15, 0.2) is 11.5 Å². The van der Waals surface area contributed by atoms with Gasteiger partial charge in [-0.25, -0.2) is 0 Å². The van der Waals surface area contributed by atoms with Gasteiger partial charge in [0.2, 0.25) is 0 Å². The molecule has 1 aliphatic heterocycles. The van der Waals surface area contributed by atoms with Crippen LogP contribution < -0.4 is 9.47 Å². The molecule has 1 atom stereocenters. The van der Waals surface area contributed by atoms with Crippen molar-refractivity contribution in [2.24, 2.45) is 5.92 Å². The summed E-state index contributed by atoms with van der Waals surface area (Å²) >= 11 is 3.74. The van der Waals surface area contributed by atoms with Crippen LogP contribution in [0.2, 0.25) is 0 Å². The molecule has 0 aromatic heterocycles. The fourth-order valence-electron chi connectivity index (χ4n) is 1.92. The summed E-state index contributed by atoms with van der Waals surface area (Å²) in [5.41, 5.74) is 1.27. The van der Waals surface area contributed by atoms with Crippen LogP contribution in [-0.4, -0.2) is 13.2 Å². The highest BCUT2D eigenvalue weighted by atomic mass is 79.9. The molecule has 0 fully saturated rings. The smallest absolute Gasteiger partial charge is 0.161 e. The van der Waals surface area contributed by atoms with E-state index in [1.54, 1.807) is 0 Å². The minimum Gasteiger partial charge on any atom is -0.490 e. The summed E-state index contributed by atoms with van der Waals surface area (Å²) in [6.45, 7) is 5.96. The Morgan fingerprint density at radius 2 is 1.88 bits per heavy atom. The van der Waals surface area contributed by atoms with Crippen molar-refractivity contribution in [3.8, 4) is 11.5 Å². The number of alkyl halides is 1. The summed E-state index contributed by atoms with van der Waals surface area (Å²) < 4.78 is 11.3. The molecule has 1 unspecified atom stereocenters. The molecule has 1 heterocycles. The van der Waals surface area contributed by atoms with E-state index in [0.29, 0.717) is 10.7 Å². The first-order valence-electron chi connectivity index (χ1n) is 6.20. The molecular formula is C14H19BrO2. The Labute approximate surface area is 111 Å². The number of ether oxygens (including phenoxy) is 2. The molecule has 0 radical (unpaired) electrons. The SMILES string of the molecule is CC(C)CC(Br)c1ccc2c(c1)OCCCO2. The van der Waals surface area contributed by atoms with Crippen LogP contribution in [0.3, 0.4) is 0 Å². The zero-order chi connectivity index (χ0) is 12.3. The maximum Gasteiger partial charge on any atom is 0.161 e. The van der Waals surface area contributed by atoms with Gasteiger partial charge in [0.1, 0.15) is 0 Å². The normalized spacial score (nSPS) is 16.7. The molecule has 17 heavy (non-hydrogen) atoms. The quantitative estimate of drug-likeness (QED) is 0.773. The molecule has 2 nitrogen and oxygen atoms in total. The van der Waals surface area contributed by atoms with Gasteiger partial charge in [-0.1, -0.05) is 35.8 Å². The minimum atomic E-state index is 0.389. The Hall–Kier alpha value is -0.700. The second-order valence-corrected chi connectivity index (χ2v) is 5.96. The molecule has 0 spiro atoms. The first kappa shape index (κ1) is 12.7. The van der Waals surface area contributed by atoms with Crippen LogP contribution >= 0.6 is 15.9 Å². The van der Waals surface area contributed by atoms with E-state index in [1.807, 2.05) is 6.07 Å². The van der Waals surface area contributed by atoms with E-state index >= 15 is 0 Å². The third-order valence-electron chi connectivity index (χ3n) is 2.81. The van der Waals surface area contributed by atoms with Gasteiger partial charge in [-0.2, -0.15) is 0 Å². The molecular weight excluding hydrogens is 280 g/mol. The summed E-state index contributed by atoms with van der Waals surface area (Å²) in [7, 11) is 0. The van der Waals surface area contributed by atoms with Gasteiger partial charge >= 0.3 is 0 Å². The second-order valence-electron chi connectivity index (χ2n) is 4.85. The largest absolute Gasteiger partial charge is 0.490 e. The molecule has 0 saturated heterocycles. The molecule has 0 amide bonds. The number of hydrogen-bond donors (Lipinski definition) is 0. The highest BCUT2D eigenvalue weighted by molar-refractivity contribution is 9.09. The molecule has 1 aliphatic rings. The van der Waals surface area contributed by atoms with Gasteiger partial charge < -0.3 is 9.47 Å². The highest BCUT2D eigenvalue weighted by Gasteiger charge is 2.15. The van der Waals surface area contributed by atoms with Crippen LogP contribution in [0.25, 0.3) is 0 Å². The molecule has 1 aromatic rings. The maximum atomic E-state index is 5.70. The monoisotopic (exact) mass is 298 g/mol. The molecule has 0 N–H and O–H groups in total. The number of fused-ring (bicyclic) bond motifs is 1. The van der Waals surface area contributed by atoms with Crippen molar-refractivity contribution in [2.75, 3.05) is 13.2 Å². The van der Waals surface area contributed by atoms with E-state index < -0.39 is 0 Å². The molecule has 94 valence electrons. The second kappa shape index (κ2) is 5.76. The fourth-order valence-corrected chi connectivity index (χ4v) is 2.96. The molecule has 2 rings (SSSR count). The predicted octanol–water partition coefficient (Wildman–Crippen LogP) is 4.33. The molecule has 3 heteroatoms. The van der Waals surface area contributed by atoms with Crippen molar-refractivity contribution >= 4 is 15.9 Å². The van der Waals surface area contributed by atoms with E-state index in [-0.39, 0.29) is 0 Å². The van der Waals surface area contributed by atoms with Crippen molar-refractivity contribution < 1.29 is 9.47 Å². The van der Waals surface area contributed by atoms with Gasteiger partial charge in [0.25, 0.3) is 0 Å². The van der Waals surface area contributed by atoms with Crippen LogP contribution in [0.5, 0.6) is 11.5 Å². The standard InChI is InChI=1S/C14H19BrO2/c1-10(2)8-12(15)11-4-5-13-14(9-11)17-7-3-6-16-13/h4-5,9-10,12H,3,6-8H2,1-2H3. The lowest BCUT2D eigenvalue weighted by molar-refractivity contribution is 0.297.